The molecule has 0 radical (unpaired) electrons. The molecule has 1 aromatic carbocycles. The first kappa shape index (κ1) is 17.8. The summed E-state index contributed by atoms with van der Waals surface area (Å²) in [4.78, 5) is 6.51. The van der Waals surface area contributed by atoms with Crippen molar-refractivity contribution < 1.29 is 0 Å². The molecule has 0 aliphatic carbocycles. The van der Waals surface area contributed by atoms with Crippen molar-refractivity contribution in [1.29, 1.82) is 0 Å². The average Bonchev–Trinajstić information content (AvgIpc) is 3.02. The number of aromatic nitrogens is 2. The molecule has 0 spiro atoms. The van der Waals surface area contributed by atoms with Crippen LogP contribution in [0.1, 0.15) is 24.1 Å². The van der Waals surface area contributed by atoms with E-state index in [2.05, 4.69) is 46.1 Å². The van der Waals surface area contributed by atoms with Gasteiger partial charge in [0.15, 0.2) is 5.96 Å². The monoisotopic (exact) mass is 325 g/mol. The second-order valence-corrected chi connectivity index (χ2v) is 5.78. The van der Waals surface area contributed by atoms with Crippen molar-refractivity contribution in [3.05, 3.63) is 60.4 Å². The predicted octanol–water partition coefficient (Wildman–Crippen LogP) is 3.15. The minimum Gasteiger partial charge on any atom is -0.352 e. The molecular formula is C19H27N5. The van der Waals surface area contributed by atoms with Crippen LogP contribution in [0.25, 0.3) is 5.69 Å². The summed E-state index contributed by atoms with van der Waals surface area (Å²) < 4.78 is 1.92. The fraction of sp³-hybridized carbons (Fsp3) is 0.368. The van der Waals surface area contributed by atoms with Gasteiger partial charge in [0, 0.05) is 33.4 Å². The van der Waals surface area contributed by atoms with E-state index in [0.717, 1.165) is 36.7 Å². The van der Waals surface area contributed by atoms with Gasteiger partial charge in [-0.05, 0) is 37.5 Å². The molecule has 0 atom stereocenters. The van der Waals surface area contributed by atoms with Gasteiger partial charge in [-0.1, -0.05) is 24.3 Å². The number of unbranched alkanes of at least 4 members (excludes halogenated alkanes) is 1. The van der Waals surface area contributed by atoms with Crippen LogP contribution in [0.2, 0.25) is 0 Å². The normalized spacial score (nSPS) is 11.4. The maximum absolute atomic E-state index is 4.51. The van der Waals surface area contributed by atoms with Crippen LogP contribution in [0, 0.1) is 6.92 Å². The largest absolute Gasteiger partial charge is 0.352 e. The lowest BCUT2D eigenvalue weighted by molar-refractivity contribution is 0.469. The zero-order valence-electron chi connectivity index (χ0n) is 14.9. The van der Waals surface area contributed by atoms with E-state index < -0.39 is 0 Å². The van der Waals surface area contributed by atoms with Crippen LogP contribution >= 0.6 is 0 Å². The van der Waals surface area contributed by atoms with Crippen molar-refractivity contribution in [2.75, 3.05) is 20.6 Å². The Morgan fingerprint density at radius 3 is 2.83 bits per heavy atom. The van der Waals surface area contributed by atoms with Crippen LogP contribution in [0.5, 0.6) is 0 Å². The van der Waals surface area contributed by atoms with Gasteiger partial charge in [0.25, 0.3) is 0 Å². The summed E-state index contributed by atoms with van der Waals surface area (Å²) in [5.74, 6) is 0.894. The van der Waals surface area contributed by atoms with Crippen LogP contribution < -0.4 is 5.32 Å². The van der Waals surface area contributed by atoms with Crippen LogP contribution in [-0.2, 0) is 6.54 Å². The van der Waals surface area contributed by atoms with Gasteiger partial charge in [-0.15, -0.1) is 6.58 Å². The molecule has 0 amide bonds. The second kappa shape index (κ2) is 8.91. The lowest BCUT2D eigenvalue weighted by Gasteiger charge is -2.22. The Kier molecular flexibility index (Phi) is 6.61. The number of nitrogens with zero attached hydrogens (tertiary/aromatic N) is 4. The Bertz CT molecular complexity index is 687. The van der Waals surface area contributed by atoms with Crippen molar-refractivity contribution in [3.8, 4) is 5.69 Å². The van der Waals surface area contributed by atoms with E-state index in [0.29, 0.717) is 6.54 Å². The molecule has 0 bridgehead atoms. The number of hydrogen-bond acceptors (Lipinski definition) is 2. The van der Waals surface area contributed by atoms with Crippen LogP contribution in [0.4, 0.5) is 0 Å². The van der Waals surface area contributed by atoms with Gasteiger partial charge in [-0.25, -0.2) is 4.68 Å². The molecule has 24 heavy (non-hydrogen) atoms. The highest BCUT2D eigenvalue weighted by Crippen LogP contribution is 2.14. The zero-order chi connectivity index (χ0) is 17.4. The number of aliphatic imine (C=N–C) groups is 1. The minimum atomic E-state index is 0.702. The number of guanidine groups is 1. The number of hydrogen-bond donors (Lipinski definition) is 1. The Morgan fingerprint density at radius 2 is 2.17 bits per heavy atom. The standard InChI is InChI=1S/C19H27N5/c1-5-6-9-13-23(4)19(20-3)21-15-17-10-7-8-11-18(17)24-14-12-16(2)22-24/h5,7-8,10-12,14H,1,6,9,13,15H2,2-4H3,(H,20,21). The first-order valence-corrected chi connectivity index (χ1v) is 8.29. The van der Waals surface area contributed by atoms with E-state index >= 15 is 0 Å². The second-order valence-electron chi connectivity index (χ2n) is 5.78. The van der Waals surface area contributed by atoms with E-state index in [1.165, 1.54) is 5.56 Å². The average molecular weight is 325 g/mol. The lowest BCUT2D eigenvalue weighted by atomic mass is 10.2. The Hall–Kier alpha value is -2.56. The predicted molar refractivity (Wildman–Crippen MR) is 101 cm³/mol. The third-order valence-corrected chi connectivity index (χ3v) is 3.87. The molecule has 2 rings (SSSR count). The molecule has 0 fully saturated rings. The summed E-state index contributed by atoms with van der Waals surface area (Å²) in [5.41, 5.74) is 3.28. The number of rotatable bonds is 7. The Morgan fingerprint density at radius 1 is 1.38 bits per heavy atom. The summed E-state index contributed by atoms with van der Waals surface area (Å²) in [6.07, 6.45) is 6.03. The number of aryl methyl sites for hydroxylation is 1. The molecule has 5 nitrogen and oxygen atoms in total. The first-order chi connectivity index (χ1) is 11.7. The fourth-order valence-corrected chi connectivity index (χ4v) is 2.57. The van der Waals surface area contributed by atoms with Crippen molar-refractivity contribution in [1.82, 2.24) is 20.0 Å². The van der Waals surface area contributed by atoms with Gasteiger partial charge >= 0.3 is 0 Å². The van der Waals surface area contributed by atoms with Gasteiger partial charge in [0.2, 0.25) is 0 Å². The minimum absolute atomic E-state index is 0.702. The summed E-state index contributed by atoms with van der Waals surface area (Å²) >= 11 is 0. The quantitative estimate of drug-likeness (QED) is 0.368. The van der Waals surface area contributed by atoms with E-state index in [1.54, 1.807) is 0 Å². The summed E-state index contributed by atoms with van der Waals surface area (Å²) in [5, 5.41) is 7.95. The fourth-order valence-electron chi connectivity index (χ4n) is 2.57. The Labute approximate surface area is 144 Å². The van der Waals surface area contributed by atoms with E-state index in [9.17, 15) is 0 Å². The molecule has 1 aromatic heterocycles. The third kappa shape index (κ3) is 4.72. The maximum Gasteiger partial charge on any atom is 0.193 e. The van der Waals surface area contributed by atoms with Crippen molar-refractivity contribution >= 4 is 5.96 Å². The molecule has 0 saturated carbocycles. The van der Waals surface area contributed by atoms with Gasteiger partial charge < -0.3 is 10.2 Å². The van der Waals surface area contributed by atoms with Crippen LogP contribution in [0.15, 0.2) is 54.2 Å². The zero-order valence-corrected chi connectivity index (χ0v) is 14.9. The van der Waals surface area contributed by atoms with Crippen LogP contribution in [-0.4, -0.2) is 41.3 Å². The number of allylic oxidation sites excluding steroid dienone is 1. The van der Waals surface area contributed by atoms with Crippen molar-refractivity contribution in [2.24, 2.45) is 4.99 Å². The van der Waals surface area contributed by atoms with Crippen molar-refractivity contribution in [3.63, 3.8) is 0 Å². The summed E-state index contributed by atoms with van der Waals surface area (Å²) in [6, 6.07) is 10.3. The third-order valence-electron chi connectivity index (χ3n) is 3.87. The summed E-state index contributed by atoms with van der Waals surface area (Å²) in [7, 11) is 3.87. The van der Waals surface area contributed by atoms with Gasteiger partial charge in [0.05, 0.1) is 11.4 Å². The maximum atomic E-state index is 4.51. The molecule has 0 aliphatic heterocycles. The van der Waals surface area contributed by atoms with E-state index in [4.69, 9.17) is 0 Å². The molecule has 128 valence electrons. The number of para-hydroxylation sites is 1. The molecule has 5 heteroatoms. The SMILES string of the molecule is C=CCCCN(C)C(=NC)NCc1ccccc1-n1ccc(C)n1. The highest BCUT2D eigenvalue weighted by Gasteiger charge is 2.08. The van der Waals surface area contributed by atoms with Gasteiger partial charge in [-0.3, -0.25) is 4.99 Å². The Balaban J connectivity index is 2.04. The molecular weight excluding hydrogens is 298 g/mol. The van der Waals surface area contributed by atoms with Crippen molar-refractivity contribution in [2.45, 2.75) is 26.3 Å². The van der Waals surface area contributed by atoms with E-state index in [-0.39, 0.29) is 0 Å². The lowest BCUT2D eigenvalue weighted by Crippen LogP contribution is -2.39. The first-order valence-electron chi connectivity index (χ1n) is 8.29. The molecule has 0 unspecified atom stereocenters. The van der Waals surface area contributed by atoms with E-state index in [1.807, 2.05) is 49.1 Å². The highest BCUT2D eigenvalue weighted by molar-refractivity contribution is 5.79. The number of nitrogens with one attached hydrogen (secondary N) is 1. The number of benzene rings is 1. The molecule has 2 aromatic rings. The smallest absolute Gasteiger partial charge is 0.193 e. The van der Waals surface area contributed by atoms with Gasteiger partial charge in [-0.2, -0.15) is 5.10 Å². The molecule has 0 aliphatic rings. The summed E-state index contributed by atoms with van der Waals surface area (Å²) in [6.45, 7) is 7.42. The van der Waals surface area contributed by atoms with Gasteiger partial charge in [0.1, 0.15) is 0 Å². The molecule has 1 N–H and O–H groups in total. The topological polar surface area (TPSA) is 45.5 Å². The molecule has 0 saturated heterocycles. The van der Waals surface area contributed by atoms with Crippen LogP contribution in [0.3, 0.4) is 0 Å². The molecule has 1 heterocycles. The highest BCUT2D eigenvalue weighted by atomic mass is 15.3.